The lowest BCUT2D eigenvalue weighted by Gasteiger charge is -2.10. The van der Waals surface area contributed by atoms with Crippen molar-refractivity contribution in [2.75, 3.05) is 11.9 Å². The zero-order valence-corrected chi connectivity index (χ0v) is 17.9. The molecule has 0 aliphatic heterocycles. The van der Waals surface area contributed by atoms with Crippen LogP contribution in [0.5, 0.6) is 5.75 Å². The molecule has 0 saturated heterocycles. The molecule has 0 unspecified atom stereocenters. The molecule has 0 aromatic heterocycles. The van der Waals surface area contributed by atoms with E-state index in [1.54, 1.807) is 30.3 Å². The van der Waals surface area contributed by atoms with Crippen molar-refractivity contribution in [3.05, 3.63) is 93.2 Å². The highest BCUT2D eigenvalue weighted by Gasteiger charge is 2.10. The quantitative estimate of drug-likeness (QED) is 0.328. The van der Waals surface area contributed by atoms with E-state index in [0.717, 1.165) is 10.0 Å². The van der Waals surface area contributed by atoms with Gasteiger partial charge in [0, 0.05) is 4.47 Å². The lowest BCUT2D eigenvalue weighted by molar-refractivity contribution is -0.118. The molecular weight excluding hydrogens is 471 g/mol. The van der Waals surface area contributed by atoms with E-state index in [0.29, 0.717) is 16.9 Å². The fourth-order valence-corrected chi connectivity index (χ4v) is 3.10. The van der Waals surface area contributed by atoms with E-state index in [9.17, 15) is 14.4 Å². The van der Waals surface area contributed by atoms with Gasteiger partial charge in [-0.2, -0.15) is 5.26 Å². The number of rotatable bonds is 6. The van der Waals surface area contributed by atoms with E-state index in [-0.39, 0.29) is 17.3 Å². The van der Waals surface area contributed by atoms with Crippen molar-refractivity contribution in [1.29, 1.82) is 5.26 Å². The van der Waals surface area contributed by atoms with Crippen LogP contribution < -0.4 is 10.1 Å². The molecule has 150 valence electrons. The van der Waals surface area contributed by atoms with Crippen molar-refractivity contribution < 1.29 is 13.9 Å². The second-order valence-electron chi connectivity index (χ2n) is 6.18. The molecular formula is C23H15BrClFN2O2. The third-order valence-corrected chi connectivity index (χ3v) is 4.87. The van der Waals surface area contributed by atoms with Gasteiger partial charge in [-0.05, 0) is 53.6 Å². The highest BCUT2D eigenvalue weighted by Crippen LogP contribution is 2.28. The lowest BCUT2D eigenvalue weighted by atomic mass is 10.0. The third kappa shape index (κ3) is 5.69. The van der Waals surface area contributed by atoms with Gasteiger partial charge in [0.05, 0.1) is 22.4 Å². The Bertz CT molecular complexity index is 1140. The van der Waals surface area contributed by atoms with Gasteiger partial charge in [0.15, 0.2) is 6.61 Å². The minimum absolute atomic E-state index is 0.0784. The fraction of sp³-hybridized carbons (Fsp3) is 0.0435. The molecule has 0 spiro atoms. The molecule has 1 amide bonds. The number of hydrogen-bond donors (Lipinski definition) is 1. The molecule has 3 rings (SSSR count). The van der Waals surface area contributed by atoms with Crippen molar-refractivity contribution in [3.63, 3.8) is 0 Å². The zero-order chi connectivity index (χ0) is 21.5. The molecule has 0 atom stereocenters. The first-order valence-corrected chi connectivity index (χ1v) is 9.98. The number of nitriles is 1. The summed E-state index contributed by atoms with van der Waals surface area (Å²) in [6.07, 6.45) is 1.71. The van der Waals surface area contributed by atoms with Crippen LogP contribution in [0.1, 0.15) is 11.1 Å². The highest BCUT2D eigenvalue weighted by atomic mass is 79.9. The Balaban J connectivity index is 1.67. The molecule has 1 N–H and O–H groups in total. The molecule has 0 heterocycles. The molecule has 0 bridgehead atoms. The number of ether oxygens (including phenoxy) is 1. The second kappa shape index (κ2) is 10.1. The van der Waals surface area contributed by atoms with Gasteiger partial charge >= 0.3 is 0 Å². The summed E-state index contributed by atoms with van der Waals surface area (Å²) < 4.78 is 20.0. The van der Waals surface area contributed by atoms with E-state index in [1.165, 1.54) is 18.2 Å². The van der Waals surface area contributed by atoms with Crippen LogP contribution in [0.15, 0.2) is 71.2 Å². The average molecular weight is 486 g/mol. The predicted molar refractivity (Wildman–Crippen MR) is 120 cm³/mol. The van der Waals surface area contributed by atoms with Crippen LogP contribution in [0.2, 0.25) is 5.02 Å². The Labute approximate surface area is 186 Å². The Morgan fingerprint density at radius 3 is 2.57 bits per heavy atom. The Morgan fingerprint density at radius 1 is 1.17 bits per heavy atom. The first-order valence-electron chi connectivity index (χ1n) is 8.81. The molecule has 0 aliphatic carbocycles. The maximum atomic E-state index is 13.6. The number of halogens is 3. The Morgan fingerprint density at radius 2 is 1.90 bits per heavy atom. The summed E-state index contributed by atoms with van der Waals surface area (Å²) >= 11 is 9.62. The largest absolute Gasteiger partial charge is 0.482 e. The van der Waals surface area contributed by atoms with E-state index in [4.69, 9.17) is 16.3 Å². The van der Waals surface area contributed by atoms with Crippen molar-refractivity contribution in [3.8, 4) is 11.8 Å². The number of carbonyl (C=O) groups is 1. The van der Waals surface area contributed by atoms with Crippen LogP contribution in [0, 0.1) is 17.1 Å². The fourth-order valence-electron chi connectivity index (χ4n) is 2.59. The number of carbonyl (C=O) groups excluding carboxylic acids is 1. The molecule has 3 aromatic rings. The van der Waals surface area contributed by atoms with Crippen LogP contribution in [-0.4, -0.2) is 12.5 Å². The molecule has 0 fully saturated rings. The number of anilines is 1. The first-order chi connectivity index (χ1) is 14.5. The smallest absolute Gasteiger partial charge is 0.262 e. The van der Waals surface area contributed by atoms with Gasteiger partial charge in [-0.15, -0.1) is 0 Å². The molecule has 0 radical (unpaired) electrons. The Kier molecular flexibility index (Phi) is 7.23. The standard InChI is InChI=1S/C23H15BrClFN2O2/c24-18-8-6-16(7-9-18)17(13-27)11-15-5-10-22(19(25)12-15)30-14-23(29)28-21-4-2-1-3-20(21)26/h1-12H,14H2,(H,28,29)/b17-11+. The number of para-hydroxylation sites is 1. The minimum Gasteiger partial charge on any atom is -0.482 e. The number of allylic oxidation sites excluding steroid dienone is 1. The van der Waals surface area contributed by atoms with E-state index in [1.807, 2.05) is 24.3 Å². The van der Waals surface area contributed by atoms with Gasteiger partial charge in [-0.3, -0.25) is 4.79 Å². The molecule has 4 nitrogen and oxygen atoms in total. The van der Waals surface area contributed by atoms with Gasteiger partial charge in [0.1, 0.15) is 11.6 Å². The molecule has 7 heteroatoms. The van der Waals surface area contributed by atoms with Crippen molar-refractivity contribution in [1.82, 2.24) is 0 Å². The van der Waals surface area contributed by atoms with Crippen LogP contribution >= 0.6 is 27.5 Å². The number of hydrogen-bond acceptors (Lipinski definition) is 3. The van der Waals surface area contributed by atoms with Crippen LogP contribution in [0.25, 0.3) is 11.6 Å². The van der Waals surface area contributed by atoms with E-state index >= 15 is 0 Å². The summed E-state index contributed by atoms with van der Waals surface area (Å²) in [4.78, 5) is 12.0. The number of nitrogens with zero attached hydrogens (tertiary/aromatic N) is 1. The molecule has 30 heavy (non-hydrogen) atoms. The second-order valence-corrected chi connectivity index (χ2v) is 7.51. The first kappa shape index (κ1) is 21.6. The molecule has 0 aliphatic rings. The topological polar surface area (TPSA) is 62.1 Å². The monoisotopic (exact) mass is 484 g/mol. The van der Waals surface area contributed by atoms with Crippen molar-refractivity contribution in [2.45, 2.75) is 0 Å². The predicted octanol–water partition coefficient (Wildman–Crippen LogP) is 6.32. The number of benzene rings is 3. The average Bonchev–Trinajstić information content (AvgIpc) is 2.74. The van der Waals surface area contributed by atoms with E-state index < -0.39 is 11.7 Å². The molecule has 3 aromatic carbocycles. The summed E-state index contributed by atoms with van der Waals surface area (Å²) in [7, 11) is 0. The third-order valence-electron chi connectivity index (χ3n) is 4.05. The Hall–Kier alpha value is -3.14. The van der Waals surface area contributed by atoms with Gasteiger partial charge in [0.25, 0.3) is 5.91 Å². The summed E-state index contributed by atoms with van der Waals surface area (Å²) in [5, 5.41) is 12.2. The summed E-state index contributed by atoms with van der Waals surface area (Å²) in [5.74, 6) is -0.735. The summed E-state index contributed by atoms with van der Waals surface area (Å²) in [5.41, 5.74) is 2.05. The molecule has 0 saturated carbocycles. The highest BCUT2D eigenvalue weighted by molar-refractivity contribution is 9.10. The lowest BCUT2D eigenvalue weighted by Crippen LogP contribution is -2.20. The number of amides is 1. The van der Waals surface area contributed by atoms with Crippen LogP contribution in [0.4, 0.5) is 10.1 Å². The zero-order valence-electron chi connectivity index (χ0n) is 15.5. The van der Waals surface area contributed by atoms with Gasteiger partial charge in [-0.25, -0.2) is 4.39 Å². The van der Waals surface area contributed by atoms with Gasteiger partial charge in [-0.1, -0.05) is 57.9 Å². The summed E-state index contributed by atoms with van der Waals surface area (Å²) in [6.45, 7) is -0.328. The van der Waals surface area contributed by atoms with Crippen molar-refractivity contribution in [2.24, 2.45) is 0 Å². The van der Waals surface area contributed by atoms with Crippen molar-refractivity contribution >= 4 is 50.8 Å². The van der Waals surface area contributed by atoms with Gasteiger partial charge < -0.3 is 10.1 Å². The SMILES string of the molecule is N#C/C(=C\c1ccc(OCC(=O)Nc2ccccc2F)c(Cl)c1)c1ccc(Br)cc1. The van der Waals surface area contributed by atoms with Crippen LogP contribution in [0.3, 0.4) is 0 Å². The number of nitrogens with one attached hydrogen (secondary N) is 1. The maximum absolute atomic E-state index is 13.6. The van der Waals surface area contributed by atoms with Gasteiger partial charge in [0.2, 0.25) is 0 Å². The van der Waals surface area contributed by atoms with Crippen LogP contribution in [-0.2, 0) is 4.79 Å². The van der Waals surface area contributed by atoms with E-state index in [2.05, 4.69) is 27.3 Å². The normalized spacial score (nSPS) is 10.9. The maximum Gasteiger partial charge on any atom is 0.262 e. The summed E-state index contributed by atoms with van der Waals surface area (Å²) in [6, 6.07) is 20.4. The minimum atomic E-state index is -0.529.